The predicted molar refractivity (Wildman–Crippen MR) is 114 cm³/mol. The van der Waals surface area contributed by atoms with Crippen LogP contribution in [-0.4, -0.2) is 29.0 Å². The Balaban J connectivity index is 1.65. The van der Waals surface area contributed by atoms with Crippen molar-refractivity contribution in [3.63, 3.8) is 0 Å². The maximum Gasteiger partial charge on any atom is 0.255 e. The van der Waals surface area contributed by atoms with Crippen molar-refractivity contribution in [1.29, 1.82) is 0 Å². The van der Waals surface area contributed by atoms with E-state index in [0.29, 0.717) is 35.9 Å². The zero-order valence-corrected chi connectivity index (χ0v) is 17.1. The molecule has 1 aromatic heterocycles. The van der Waals surface area contributed by atoms with Crippen LogP contribution in [0.5, 0.6) is 5.75 Å². The summed E-state index contributed by atoms with van der Waals surface area (Å²) in [6, 6.07) is 13.2. The number of benzene rings is 2. The number of likely N-dealkylation sites (tertiary alicyclic amines) is 1. The molecule has 0 aliphatic carbocycles. The Morgan fingerprint density at radius 1 is 1.24 bits per heavy atom. The second-order valence-electron chi connectivity index (χ2n) is 8.12. The van der Waals surface area contributed by atoms with Crippen LogP contribution in [0.2, 0.25) is 0 Å². The van der Waals surface area contributed by atoms with Crippen LogP contribution in [0, 0.1) is 12.8 Å². The van der Waals surface area contributed by atoms with Crippen LogP contribution in [0.3, 0.4) is 0 Å². The highest BCUT2D eigenvalue weighted by molar-refractivity contribution is 6.08. The number of aromatic hydroxyl groups is 1. The second-order valence-corrected chi connectivity index (χ2v) is 8.12. The van der Waals surface area contributed by atoms with Crippen molar-refractivity contribution in [3.05, 3.63) is 64.9 Å². The number of phenolic OH excluding ortho intramolecular Hbond substituents is 1. The van der Waals surface area contributed by atoms with E-state index in [4.69, 9.17) is 4.42 Å². The largest absolute Gasteiger partial charge is 0.508 e. The number of fused-ring (bicyclic) bond motifs is 1. The fourth-order valence-corrected chi connectivity index (χ4v) is 4.32. The van der Waals surface area contributed by atoms with Crippen molar-refractivity contribution >= 4 is 16.9 Å². The summed E-state index contributed by atoms with van der Waals surface area (Å²) >= 11 is 0. The van der Waals surface area contributed by atoms with Crippen LogP contribution < -0.4 is 5.32 Å². The lowest BCUT2D eigenvalue weighted by Crippen LogP contribution is -2.33. The summed E-state index contributed by atoms with van der Waals surface area (Å²) in [5.74, 6) is 1.26. The minimum Gasteiger partial charge on any atom is -0.508 e. The van der Waals surface area contributed by atoms with Crippen molar-refractivity contribution in [3.8, 4) is 5.75 Å². The van der Waals surface area contributed by atoms with Gasteiger partial charge in [0.2, 0.25) is 0 Å². The summed E-state index contributed by atoms with van der Waals surface area (Å²) < 4.78 is 5.89. The van der Waals surface area contributed by atoms with E-state index >= 15 is 0 Å². The lowest BCUT2D eigenvalue weighted by atomic mass is 9.98. The quantitative estimate of drug-likeness (QED) is 0.666. The number of nitrogens with zero attached hydrogens (tertiary/aromatic N) is 1. The first-order chi connectivity index (χ1) is 14.0. The first-order valence-corrected chi connectivity index (χ1v) is 10.3. The Bertz CT molecular complexity index is 1010. The molecule has 2 aromatic carbocycles. The molecule has 152 valence electrons. The zero-order chi connectivity index (χ0) is 20.4. The van der Waals surface area contributed by atoms with Gasteiger partial charge in [0.25, 0.3) is 5.91 Å². The fourth-order valence-electron chi connectivity index (χ4n) is 4.32. The van der Waals surface area contributed by atoms with Gasteiger partial charge in [-0.25, -0.2) is 0 Å². The van der Waals surface area contributed by atoms with Gasteiger partial charge in [-0.2, -0.15) is 0 Å². The minimum atomic E-state index is -0.177. The number of carbonyl (C=O) groups is 1. The lowest BCUT2D eigenvalue weighted by Gasteiger charge is -2.31. The monoisotopic (exact) mass is 392 g/mol. The average molecular weight is 392 g/mol. The third-order valence-electron chi connectivity index (χ3n) is 5.76. The molecule has 0 bridgehead atoms. The molecule has 2 N–H and O–H groups in total. The second kappa shape index (κ2) is 8.29. The molecule has 1 amide bonds. The number of hydrogen-bond acceptors (Lipinski definition) is 4. The Morgan fingerprint density at radius 2 is 2.03 bits per heavy atom. The summed E-state index contributed by atoms with van der Waals surface area (Å²) in [7, 11) is 0. The minimum absolute atomic E-state index is 0.177. The van der Waals surface area contributed by atoms with E-state index < -0.39 is 0 Å². The molecule has 1 saturated heterocycles. The number of nitrogens with one attached hydrogen (secondary N) is 1. The van der Waals surface area contributed by atoms with Crippen molar-refractivity contribution in [2.75, 3.05) is 13.1 Å². The number of carbonyl (C=O) groups excluding carboxylic acids is 1. The van der Waals surface area contributed by atoms with E-state index in [1.807, 2.05) is 30.3 Å². The number of rotatable bonds is 5. The van der Waals surface area contributed by atoms with Gasteiger partial charge in [-0.15, -0.1) is 0 Å². The molecule has 5 nitrogen and oxygen atoms in total. The topological polar surface area (TPSA) is 65.7 Å². The van der Waals surface area contributed by atoms with Crippen LogP contribution in [0.25, 0.3) is 11.0 Å². The van der Waals surface area contributed by atoms with E-state index in [2.05, 4.69) is 17.1 Å². The van der Waals surface area contributed by atoms with E-state index in [-0.39, 0.29) is 11.7 Å². The van der Waals surface area contributed by atoms with Gasteiger partial charge in [0, 0.05) is 30.6 Å². The number of furan rings is 1. The molecule has 1 fully saturated rings. The van der Waals surface area contributed by atoms with Crippen molar-refractivity contribution in [2.24, 2.45) is 5.92 Å². The molecule has 5 heteroatoms. The van der Waals surface area contributed by atoms with Crippen LogP contribution in [0.1, 0.15) is 47.0 Å². The van der Waals surface area contributed by atoms with Crippen LogP contribution in [0.4, 0.5) is 0 Å². The molecular formula is C24H28N2O3. The molecular weight excluding hydrogens is 364 g/mol. The highest BCUT2D eigenvalue weighted by Crippen LogP contribution is 2.35. The van der Waals surface area contributed by atoms with Gasteiger partial charge >= 0.3 is 0 Å². The summed E-state index contributed by atoms with van der Waals surface area (Å²) in [6.45, 7) is 7.14. The third kappa shape index (κ3) is 4.15. The number of phenols is 1. The Hall–Kier alpha value is -2.79. The number of piperidine rings is 1. The van der Waals surface area contributed by atoms with Gasteiger partial charge in [-0.1, -0.05) is 37.3 Å². The summed E-state index contributed by atoms with van der Waals surface area (Å²) in [6.07, 6.45) is 2.40. The summed E-state index contributed by atoms with van der Waals surface area (Å²) in [5.41, 5.74) is 2.98. The highest BCUT2D eigenvalue weighted by Gasteiger charge is 2.25. The Labute approximate surface area is 171 Å². The Morgan fingerprint density at radius 3 is 2.79 bits per heavy atom. The van der Waals surface area contributed by atoms with Crippen LogP contribution in [0.15, 0.2) is 46.9 Å². The summed E-state index contributed by atoms with van der Waals surface area (Å²) in [4.78, 5) is 15.4. The maximum atomic E-state index is 13.1. The van der Waals surface area contributed by atoms with Gasteiger partial charge in [0.1, 0.15) is 17.1 Å². The number of hydrogen-bond donors (Lipinski definition) is 2. The fraction of sp³-hybridized carbons (Fsp3) is 0.375. The third-order valence-corrected chi connectivity index (χ3v) is 5.76. The number of amides is 1. The van der Waals surface area contributed by atoms with Crippen LogP contribution >= 0.6 is 0 Å². The van der Waals surface area contributed by atoms with Gasteiger partial charge in [-0.05, 0) is 49.9 Å². The van der Waals surface area contributed by atoms with Gasteiger partial charge in [0.15, 0.2) is 0 Å². The molecule has 29 heavy (non-hydrogen) atoms. The molecule has 1 aliphatic heterocycles. The average Bonchev–Trinajstić information content (AvgIpc) is 3.05. The van der Waals surface area contributed by atoms with Crippen LogP contribution in [-0.2, 0) is 13.1 Å². The highest BCUT2D eigenvalue weighted by atomic mass is 16.3. The Kier molecular flexibility index (Phi) is 5.58. The van der Waals surface area contributed by atoms with E-state index in [1.165, 1.54) is 6.42 Å². The molecule has 0 spiro atoms. The molecule has 0 unspecified atom stereocenters. The molecule has 0 saturated carbocycles. The van der Waals surface area contributed by atoms with Gasteiger partial charge in [-0.3, -0.25) is 9.69 Å². The standard InChI is InChI=1S/C24H28N2O3/c1-16-7-6-12-26(14-16)15-19-20(27)10-11-21-23(19)22(17(2)29-21)24(28)25-13-18-8-4-3-5-9-18/h3-5,8-11,16,27H,6-7,12-15H2,1-2H3,(H,25,28)/t16-/m0/s1. The van der Waals surface area contributed by atoms with E-state index in [1.54, 1.807) is 19.1 Å². The maximum absolute atomic E-state index is 13.1. The van der Waals surface area contributed by atoms with Gasteiger partial charge < -0.3 is 14.8 Å². The van der Waals surface area contributed by atoms with E-state index in [0.717, 1.165) is 36.0 Å². The molecule has 3 aromatic rings. The smallest absolute Gasteiger partial charge is 0.255 e. The van der Waals surface area contributed by atoms with Crippen molar-refractivity contribution in [1.82, 2.24) is 10.2 Å². The predicted octanol–water partition coefficient (Wildman–Crippen LogP) is 4.61. The normalized spacial score (nSPS) is 17.5. The lowest BCUT2D eigenvalue weighted by molar-refractivity contribution is 0.0950. The molecule has 0 radical (unpaired) electrons. The molecule has 2 heterocycles. The SMILES string of the molecule is Cc1oc2ccc(O)c(CN3CCC[C@H](C)C3)c2c1C(=O)NCc1ccccc1. The summed E-state index contributed by atoms with van der Waals surface area (Å²) in [5, 5.41) is 14.4. The van der Waals surface area contributed by atoms with Crippen molar-refractivity contribution < 1.29 is 14.3 Å². The number of aryl methyl sites for hydroxylation is 1. The van der Waals surface area contributed by atoms with Gasteiger partial charge in [0.05, 0.1) is 5.56 Å². The molecule has 1 aliphatic rings. The molecule has 4 rings (SSSR count). The first kappa shape index (κ1) is 19.5. The first-order valence-electron chi connectivity index (χ1n) is 10.3. The zero-order valence-electron chi connectivity index (χ0n) is 17.1. The van der Waals surface area contributed by atoms with Crippen molar-refractivity contribution in [2.45, 2.75) is 39.8 Å². The molecule has 1 atom stereocenters. The van der Waals surface area contributed by atoms with E-state index in [9.17, 15) is 9.90 Å².